The fourth-order valence-corrected chi connectivity index (χ4v) is 2.47. The molecule has 0 bridgehead atoms. The minimum Gasteiger partial charge on any atom is -0.473 e. The van der Waals surface area contributed by atoms with E-state index < -0.39 is 0 Å². The molecule has 0 radical (unpaired) electrons. The molecule has 2 nitrogen and oxygen atoms in total. The summed E-state index contributed by atoms with van der Waals surface area (Å²) in [6.45, 7) is 11.1. The van der Waals surface area contributed by atoms with Crippen LogP contribution in [0.2, 0.25) is 0 Å². The molecule has 2 rings (SSSR count). The zero-order valence-electron chi connectivity index (χ0n) is 11.9. The SMILES string of the molecule is CCC1CCN(C(OC(C)(C)C)=C2CC2)CC1. The summed E-state index contributed by atoms with van der Waals surface area (Å²) in [4.78, 5) is 2.49. The van der Waals surface area contributed by atoms with Gasteiger partial charge in [-0.25, -0.2) is 0 Å². The molecule has 1 saturated heterocycles. The van der Waals surface area contributed by atoms with Crippen molar-refractivity contribution in [2.45, 2.75) is 65.4 Å². The van der Waals surface area contributed by atoms with E-state index in [-0.39, 0.29) is 5.60 Å². The molecule has 0 aromatic heterocycles. The highest BCUT2D eigenvalue weighted by atomic mass is 16.5. The van der Waals surface area contributed by atoms with Gasteiger partial charge < -0.3 is 9.64 Å². The number of hydrogen-bond donors (Lipinski definition) is 0. The Bertz CT molecular complexity index is 287. The van der Waals surface area contributed by atoms with Gasteiger partial charge in [-0.2, -0.15) is 0 Å². The van der Waals surface area contributed by atoms with E-state index in [1.807, 2.05) is 0 Å². The largest absolute Gasteiger partial charge is 0.473 e. The summed E-state index contributed by atoms with van der Waals surface area (Å²) in [7, 11) is 0. The summed E-state index contributed by atoms with van der Waals surface area (Å²) in [6, 6.07) is 0. The van der Waals surface area contributed by atoms with Crippen molar-refractivity contribution < 1.29 is 4.74 Å². The van der Waals surface area contributed by atoms with Gasteiger partial charge >= 0.3 is 0 Å². The first kappa shape index (κ1) is 12.8. The first-order valence-electron chi connectivity index (χ1n) is 7.15. The number of nitrogens with zero attached hydrogens (tertiary/aromatic N) is 1. The first-order valence-corrected chi connectivity index (χ1v) is 7.15. The van der Waals surface area contributed by atoms with E-state index in [9.17, 15) is 0 Å². The van der Waals surface area contributed by atoms with Crippen molar-refractivity contribution in [3.05, 3.63) is 11.5 Å². The predicted octanol–water partition coefficient (Wildman–Crippen LogP) is 3.93. The van der Waals surface area contributed by atoms with Gasteiger partial charge in [0.05, 0.1) is 0 Å². The van der Waals surface area contributed by atoms with Gasteiger partial charge in [-0.05, 0) is 57.9 Å². The van der Waals surface area contributed by atoms with Crippen molar-refractivity contribution in [3.8, 4) is 0 Å². The van der Waals surface area contributed by atoms with E-state index in [1.54, 1.807) is 0 Å². The second-order valence-electron chi connectivity index (χ2n) is 6.46. The topological polar surface area (TPSA) is 12.5 Å². The molecule has 0 unspecified atom stereocenters. The van der Waals surface area contributed by atoms with Crippen LogP contribution in [0.5, 0.6) is 0 Å². The van der Waals surface area contributed by atoms with Gasteiger partial charge in [0.2, 0.25) is 0 Å². The van der Waals surface area contributed by atoms with Crippen LogP contribution in [-0.4, -0.2) is 23.6 Å². The van der Waals surface area contributed by atoms with E-state index >= 15 is 0 Å². The maximum atomic E-state index is 6.18. The van der Waals surface area contributed by atoms with Crippen LogP contribution in [0.15, 0.2) is 11.5 Å². The standard InChI is InChI=1S/C15H27NO/c1-5-12-8-10-16(11-9-12)14(13-6-7-13)17-15(2,3)4/h12H,5-11H2,1-4H3. The zero-order valence-corrected chi connectivity index (χ0v) is 11.9. The lowest BCUT2D eigenvalue weighted by molar-refractivity contribution is -0.00801. The monoisotopic (exact) mass is 237 g/mol. The average molecular weight is 237 g/mol. The number of ether oxygens (including phenoxy) is 1. The van der Waals surface area contributed by atoms with E-state index in [0.717, 1.165) is 5.92 Å². The van der Waals surface area contributed by atoms with E-state index in [0.29, 0.717) is 0 Å². The molecule has 0 N–H and O–H groups in total. The summed E-state index contributed by atoms with van der Waals surface area (Å²) < 4.78 is 6.18. The molecule has 0 aromatic rings. The number of rotatable bonds is 3. The third-order valence-corrected chi connectivity index (χ3v) is 3.68. The summed E-state index contributed by atoms with van der Waals surface area (Å²) in [5.74, 6) is 2.15. The Kier molecular flexibility index (Phi) is 3.70. The Labute approximate surface area is 106 Å². The lowest BCUT2D eigenvalue weighted by Crippen LogP contribution is -2.36. The van der Waals surface area contributed by atoms with Crippen molar-refractivity contribution in [2.75, 3.05) is 13.1 Å². The molecule has 0 spiro atoms. The van der Waals surface area contributed by atoms with Crippen LogP contribution in [0, 0.1) is 5.92 Å². The summed E-state index contributed by atoms with van der Waals surface area (Å²) >= 11 is 0. The molecule has 1 aliphatic heterocycles. The summed E-state index contributed by atoms with van der Waals surface area (Å²) in [6.07, 6.45) is 6.50. The Balaban J connectivity index is 1.97. The smallest absolute Gasteiger partial charge is 0.188 e. The molecule has 98 valence electrons. The molecule has 0 amide bonds. The minimum absolute atomic E-state index is 0.0630. The maximum absolute atomic E-state index is 6.18. The first-order chi connectivity index (χ1) is 7.99. The molecule has 2 fully saturated rings. The van der Waals surface area contributed by atoms with Crippen LogP contribution in [-0.2, 0) is 4.74 Å². The average Bonchev–Trinajstić information content (AvgIpc) is 3.09. The quantitative estimate of drug-likeness (QED) is 0.690. The molecule has 17 heavy (non-hydrogen) atoms. The Morgan fingerprint density at radius 2 is 1.82 bits per heavy atom. The van der Waals surface area contributed by atoms with Gasteiger partial charge in [0, 0.05) is 13.1 Å². The summed E-state index contributed by atoms with van der Waals surface area (Å²) in [5.41, 5.74) is 1.47. The molecule has 1 saturated carbocycles. The number of allylic oxidation sites excluding steroid dienone is 1. The lowest BCUT2D eigenvalue weighted by atomic mass is 9.94. The third-order valence-electron chi connectivity index (χ3n) is 3.68. The summed E-state index contributed by atoms with van der Waals surface area (Å²) in [5, 5.41) is 0. The van der Waals surface area contributed by atoms with E-state index in [4.69, 9.17) is 4.74 Å². The van der Waals surface area contributed by atoms with Crippen LogP contribution in [0.1, 0.15) is 59.8 Å². The Morgan fingerprint density at radius 1 is 1.24 bits per heavy atom. The van der Waals surface area contributed by atoms with Crippen LogP contribution in [0.25, 0.3) is 0 Å². The second-order valence-corrected chi connectivity index (χ2v) is 6.46. The lowest BCUT2D eigenvalue weighted by Gasteiger charge is -2.37. The van der Waals surface area contributed by atoms with Gasteiger partial charge in [-0.1, -0.05) is 13.3 Å². The highest BCUT2D eigenvalue weighted by Gasteiger charge is 2.29. The third kappa shape index (κ3) is 3.65. The van der Waals surface area contributed by atoms with Crippen LogP contribution in [0.3, 0.4) is 0 Å². The number of likely N-dealkylation sites (tertiary alicyclic amines) is 1. The molecular weight excluding hydrogens is 210 g/mol. The van der Waals surface area contributed by atoms with Crippen LogP contribution >= 0.6 is 0 Å². The molecule has 2 aliphatic rings. The number of piperidine rings is 1. The second kappa shape index (κ2) is 4.91. The minimum atomic E-state index is -0.0630. The van der Waals surface area contributed by atoms with Gasteiger partial charge in [-0.15, -0.1) is 0 Å². The molecule has 0 atom stereocenters. The van der Waals surface area contributed by atoms with Gasteiger partial charge in [0.15, 0.2) is 5.88 Å². The van der Waals surface area contributed by atoms with Crippen LogP contribution < -0.4 is 0 Å². The van der Waals surface area contributed by atoms with Crippen molar-refractivity contribution in [1.29, 1.82) is 0 Å². The Hall–Kier alpha value is -0.660. The van der Waals surface area contributed by atoms with Crippen molar-refractivity contribution >= 4 is 0 Å². The van der Waals surface area contributed by atoms with Gasteiger partial charge in [-0.3, -0.25) is 0 Å². The van der Waals surface area contributed by atoms with Crippen LogP contribution in [0.4, 0.5) is 0 Å². The fraction of sp³-hybridized carbons (Fsp3) is 0.867. The highest BCUT2D eigenvalue weighted by molar-refractivity contribution is 5.21. The Morgan fingerprint density at radius 3 is 2.24 bits per heavy atom. The zero-order chi connectivity index (χ0) is 12.5. The molecule has 2 heteroatoms. The van der Waals surface area contributed by atoms with Gasteiger partial charge in [0.25, 0.3) is 0 Å². The molecule has 1 aliphatic carbocycles. The van der Waals surface area contributed by atoms with Crippen molar-refractivity contribution in [2.24, 2.45) is 5.92 Å². The molecule has 0 aromatic carbocycles. The normalized spacial score (nSPS) is 21.6. The predicted molar refractivity (Wildman–Crippen MR) is 71.7 cm³/mol. The van der Waals surface area contributed by atoms with Gasteiger partial charge in [0.1, 0.15) is 5.60 Å². The molecule has 1 heterocycles. The number of hydrogen-bond acceptors (Lipinski definition) is 2. The van der Waals surface area contributed by atoms with E-state index in [2.05, 4.69) is 32.6 Å². The fourth-order valence-electron chi connectivity index (χ4n) is 2.47. The van der Waals surface area contributed by atoms with E-state index in [1.165, 1.54) is 56.6 Å². The van der Waals surface area contributed by atoms with Crippen molar-refractivity contribution in [3.63, 3.8) is 0 Å². The van der Waals surface area contributed by atoms with Crippen molar-refractivity contribution in [1.82, 2.24) is 4.90 Å². The maximum Gasteiger partial charge on any atom is 0.188 e. The highest BCUT2D eigenvalue weighted by Crippen LogP contribution is 2.37. The molecular formula is C15H27NO.